The smallest absolute Gasteiger partial charge is 0.409 e. The molecule has 1 aromatic heterocycles. The highest BCUT2D eigenvalue weighted by Crippen LogP contribution is 2.05. The van der Waals surface area contributed by atoms with E-state index >= 15 is 0 Å². The number of amidine groups is 1. The van der Waals surface area contributed by atoms with E-state index < -0.39 is 6.09 Å². The summed E-state index contributed by atoms with van der Waals surface area (Å²) in [5, 5.41) is 11.3. The van der Waals surface area contributed by atoms with Gasteiger partial charge in [0.1, 0.15) is 5.84 Å². The number of methoxy groups -OCH3 is 1. The Hall–Kier alpha value is -2.31. The molecule has 0 saturated carbocycles. The quantitative estimate of drug-likeness (QED) is 0.349. The van der Waals surface area contributed by atoms with Crippen molar-refractivity contribution < 1.29 is 14.7 Å². The summed E-state index contributed by atoms with van der Waals surface area (Å²) in [4.78, 5) is 17.0. The summed E-state index contributed by atoms with van der Waals surface area (Å²) in [6.07, 6.45) is 3.12. The second-order valence-corrected chi connectivity index (χ2v) is 3.59. The number of oxime groups is 1. The zero-order valence-electron chi connectivity index (χ0n) is 10.1. The van der Waals surface area contributed by atoms with Crippen molar-refractivity contribution in [3.63, 3.8) is 0 Å². The summed E-state index contributed by atoms with van der Waals surface area (Å²) in [6.45, 7) is 0.663. The first-order valence-electron chi connectivity index (χ1n) is 5.35. The molecule has 0 bridgehead atoms. The molecule has 98 valence electrons. The molecule has 0 aliphatic rings. The van der Waals surface area contributed by atoms with Crippen LogP contribution in [-0.2, 0) is 11.3 Å². The van der Waals surface area contributed by atoms with E-state index in [1.807, 2.05) is 6.07 Å². The Kier molecular flexibility index (Phi) is 5.43. The number of amides is 1. The maximum absolute atomic E-state index is 11.6. The minimum atomic E-state index is -0.468. The van der Waals surface area contributed by atoms with Gasteiger partial charge in [-0.05, 0) is 11.6 Å². The molecule has 0 atom stereocenters. The van der Waals surface area contributed by atoms with Crippen LogP contribution >= 0.6 is 0 Å². The standard InChI is InChI=1S/C11H16N4O3/c1-18-11(16)15(6-4-10(12)14-17)8-9-3-2-5-13-7-9/h2-3,5,7,17H,4,6,8H2,1H3,(H2,12,14). The van der Waals surface area contributed by atoms with Crippen LogP contribution in [-0.4, -0.2) is 40.7 Å². The fraction of sp³-hybridized carbons (Fsp3) is 0.364. The van der Waals surface area contributed by atoms with Crippen LogP contribution in [0.2, 0.25) is 0 Å². The Balaban J connectivity index is 2.64. The maximum Gasteiger partial charge on any atom is 0.409 e. The van der Waals surface area contributed by atoms with Gasteiger partial charge in [-0.3, -0.25) is 4.98 Å². The molecule has 3 N–H and O–H groups in total. The highest BCUT2D eigenvalue weighted by molar-refractivity contribution is 5.80. The number of aromatic nitrogens is 1. The zero-order chi connectivity index (χ0) is 13.4. The number of carbonyl (C=O) groups is 1. The normalized spacial score (nSPS) is 11.1. The average Bonchev–Trinajstić information content (AvgIpc) is 2.43. The van der Waals surface area contributed by atoms with E-state index in [0.29, 0.717) is 13.1 Å². The van der Waals surface area contributed by atoms with Gasteiger partial charge in [-0.2, -0.15) is 0 Å². The van der Waals surface area contributed by atoms with Crippen LogP contribution in [0, 0.1) is 0 Å². The van der Waals surface area contributed by atoms with Gasteiger partial charge in [0.25, 0.3) is 0 Å². The van der Waals surface area contributed by atoms with Crippen LogP contribution in [0.1, 0.15) is 12.0 Å². The van der Waals surface area contributed by atoms with Crippen molar-refractivity contribution in [2.75, 3.05) is 13.7 Å². The summed E-state index contributed by atoms with van der Waals surface area (Å²) in [7, 11) is 1.31. The van der Waals surface area contributed by atoms with Crippen molar-refractivity contribution in [1.82, 2.24) is 9.88 Å². The SMILES string of the molecule is COC(=O)N(CC/C(N)=N/O)Cc1cccnc1. The maximum atomic E-state index is 11.6. The second-order valence-electron chi connectivity index (χ2n) is 3.59. The summed E-state index contributed by atoms with van der Waals surface area (Å²) < 4.78 is 4.67. The third-order valence-electron chi connectivity index (χ3n) is 2.30. The molecule has 0 fully saturated rings. The van der Waals surface area contributed by atoms with Crippen molar-refractivity contribution in [2.24, 2.45) is 10.9 Å². The number of nitrogens with zero attached hydrogens (tertiary/aromatic N) is 3. The van der Waals surface area contributed by atoms with Gasteiger partial charge in [-0.25, -0.2) is 4.79 Å². The molecular weight excluding hydrogens is 236 g/mol. The van der Waals surface area contributed by atoms with Crippen molar-refractivity contribution in [1.29, 1.82) is 0 Å². The fourth-order valence-electron chi connectivity index (χ4n) is 1.38. The topological polar surface area (TPSA) is 101 Å². The summed E-state index contributed by atoms with van der Waals surface area (Å²) in [5.74, 6) is 0.0649. The molecule has 1 rings (SSSR count). The van der Waals surface area contributed by atoms with Crippen LogP contribution in [0.3, 0.4) is 0 Å². The monoisotopic (exact) mass is 252 g/mol. The molecule has 0 unspecified atom stereocenters. The highest BCUT2D eigenvalue weighted by atomic mass is 16.5. The predicted octanol–water partition coefficient (Wildman–Crippen LogP) is 0.786. The Morgan fingerprint density at radius 3 is 3.00 bits per heavy atom. The van der Waals surface area contributed by atoms with Crippen LogP contribution in [0.4, 0.5) is 4.79 Å². The van der Waals surface area contributed by atoms with Crippen molar-refractivity contribution in [2.45, 2.75) is 13.0 Å². The molecule has 0 aliphatic heterocycles. The zero-order valence-corrected chi connectivity index (χ0v) is 10.1. The Bertz CT molecular complexity index is 408. The predicted molar refractivity (Wildman–Crippen MR) is 65.1 cm³/mol. The van der Waals surface area contributed by atoms with Gasteiger partial charge in [-0.15, -0.1) is 0 Å². The Labute approximate surface area is 105 Å². The molecule has 18 heavy (non-hydrogen) atoms. The molecule has 0 aliphatic carbocycles. The number of pyridine rings is 1. The molecule has 7 nitrogen and oxygen atoms in total. The van der Waals surface area contributed by atoms with Gasteiger partial charge >= 0.3 is 6.09 Å². The minimum Gasteiger partial charge on any atom is -0.453 e. The Morgan fingerprint density at radius 1 is 1.67 bits per heavy atom. The number of carbonyl (C=O) groups excluding carboxylic acids is 1. The number of ether oxygens (including phenoxy) is 1. The molecule has 0 radical (unpaired) electrons. The number of nitrogens with two attached hydrogens (primary N) is 1. The summed E-state index contributed by atoms with van der Waals surface area (Å²) in [5.41, 5.74) is 6.24. The number of rotatable bonds is 5. The van der Waals surface area contributed by atoms with Crippen molar-refractivity contribution >= 4 is 11.9 Å². The van der Waals surface area contributed by atoms with Gasteiger partial charge in [0, 0.05) is 25.4 Å². The van der Waals surface area contributed by atoms with Crippen LogP contribution in [0.15, 0.2) is 29.7 Å². The van der Waals surface area contributed by atoms with Gasteiger partial charge in [-0.1, -0.05) is 11.2 Å². The lowest BCUT2D eigenvalue weighted by molar-refractivity contribution is 0.122. The third kappa shape index (κ3) is 4.28. The van der Waals surface area contributed by atoms with Crippen LogP contribution in [0.5, 0.6) is 0 Å². The van der Waals surface area contributed by atoms with E-state index in [0.717, 1.165) is 5.56 Å². The van der Waals surface area contributed by atoms with Gasteiger partial charge < -0.3 is 20.6 Å². The first-order valence-corrected chi connectivity index (χ1v) is 5.35. The van der Waals surface area contributed by atoms with E-state index in [1.165, 1.54) is 12.0 Å². The van der Waals surface area contributed by atoms with E-state index in [-0.39, 0.29) is 12.3 Å². The van der Waals surface area contributed by atoms with Gasteiger partial charge in [0.05, 0.1) is 13.7 Å². The van der Waals surface area contributed by atoms with Crippen LogP contribution < -0.4 is 5.73 Å². The molecule has 1 heterocycles. The lowest BCUT2D eigenvalue weighted by Crippen LogP contribution is -2.33. The third-order valence-corrected chi connectivity index (χ3v) is 2.30. The van der Waals surface area contributed by atoms with E-state index in [2.05, 4.69) is 14.9 Å². The molecular formula is C11H16N4O3. The number of hydrogen-bond acceptors (Lipinski definition) is 5. The highest BCUT2D eigenvalue weighted by Gasteiger charge is 2.14. The Morgan fingerprint density at radius 2 is 2.44 bits per heavy atom. The lowest BCUT2D eigenvalue weighted by Gasteiger charge is -2.20. The molecule has 0 aromatic carbocycles. The molecule has 7 heteroatoms. The first kappa shape index (κ1) is 13.8. The van der Waals surface area contributed by atoms with Gasteiger partial charge in [0.15, 0.2) is 0 Å². The summed E-state index contributed by atoms with van der Waals surface area (Å²) >= 11 is 0. The lowest BCUT2D eigenvalue weighted by atomic mass is 10.2. The largest absolute Gasteiger partial charge is 0.453 e. The fourth-order valence-corrected chi connectivity index (χ4v) is 1.38. The molecule has 1 amide bonds. The van der Waals surface area contributed by atoms with Crippen molar-refractivity contribution in [3.8, 4) is 0 Å². The van der Waals surface area contributed by atoms with E-state index in [4.69, 9.17) is 10.9 Å². The van der Waals surface area contributed by atoms with E-state index in [1.54, 1.807) is 18.5 Å². The molecule has 0 spiro atoms. The molecule has 1 aromatic rings. The van der Waals surface area contributed by atoms with Crippen LogP contribution in [0.25, 0.3) is 0 Å². The van der Waals surface area contributed by atoms with E-state index in [9.17, 15) is 4.79 Å². The summed E-state index contributed by atoms with van der Waals surface area (Å²) in [6, 6.07) is 3.64. The second kappa shape index (κ2) is 7.10. The first-order chi connectivity index (χ1) is 8.67. The minimum absolute atomic E-state index is 0.0649. The van der Waals surface area contributed by atoms with Crippen molar-refractivity contribution in [3.05, 3.63) is 30.1 Å². The molecule has 0 saturated heterocycles. The average molecular weight is 252 g/mol. The van der Waals surface area contributed by atoms with Gasteiger partial charge in [0.2, 0.25) is 0 Å². The number of hydrogen-bond donors (Lipinski definition) is 2.